The fourth-order valence-electron chi connectivity index (χ4n) is 1.51. The van der Waals surface area contributed by atoms with Crippen molar-refractivity contribution in [2.24, 2.45) is 0 Å². The van der Waals surface area contributed by atoms with E-state index in [1.54, 1.807) is 0 Å². The third kappa shape index (κ3) is 11.9. The monoisotopic (exact) mass is 435 g/mol. The number of rotatable bonds is 6. The van der Waals surface area contributed by atoms with Crippen LogP contribution in [0.1, 0.15) is 26.7 Å². The van der Waals surface area contributed by atoms with Gasteiger partial charge in [-0.2, -0.15) is 43.9 Å². The smallest absolute Gasteiger partial charge is 0.311 e. The minimum atomic E-state index is -6.03. The van der Waals surface area contributed by atoms with Crippen LogP contribution in [-0.4, -0.2) is 51.0 Å². The molecule has 0 aromatic heterocycles. The Labute approximate surface area is 140 Å². The van der Waals surface area contributed by atoms with Gasteiger partial charge >= 0.3 is 32.0 Å². The van der Waals surface area contributed by atoms with E-state index in [1.165, 1.54) is 13.8 Å². The molecule has 0 bridgehead atoms. The highest BCUT2D eigenvalue weighted by Gasteiger charge is 2.62. The maximum absolute atomic E-state index is 12.8. The van der Waals surface area contributed by atoms with Crippen molar-refractivity contribution in [1.29, 1.82) is 0 Å². The molecule has 0 spiro atoms. The summed E-state index contributed by atoms with van der Waals surface area (Å²) in [5, 5.41) is 1.88. The van der Waals surface area contributed by atoms with Crippen molar-refractivity contribution in [1.82, 2.24) is 5.32 Å². The second-order valence-electron chi connectivity index (χ2n) is 5.34. The summed E-state index contributed by atoms with van der Waals surface area (Å²) >= 11 is 0. The minimum Gasteiger partial charge on any atom is -0.311 e. The molecule has 0 rings (SSSR count). The van der Waals surface area contributed by atoms with Crippen LogP contribution in [0.15, 0.2) is 0 Å². The second kappa shape index (κ2) is 9.04. The molecule has 0 heterocycles. The summed E-state index contributed by atoms with van der Waals surface area (Å²) in [6, 6.07) is -3.22. The SMILES string of the molecule is CC(C)NC(CC(F)(F)C(F)(F)F)CC(F)(F)C(F)(F)F.O=P(O)(O)O. The Morgan fingerprint density at radius 3 is 1.15 bits per heavy atom. The molecule has 0 aliphatic heterocycles. The van der Waals surface area contributed by atoms with E-state index in [2.05, 4.69) is 0 Å². The maximum atomic E-state index is 12.8. The van der Waals surface area contributed by atoms with E-state index in [0.29, 0.717) is 0 Å². The number of alkyl halides is 10. The first-order valence-corrected chi connectivity index (χ1v) is 7.99. The van der Waals surface area contributed by atoms with Crippen LogP contribution in [0.2, 0.25) is 0 Å². The van der Waals surface area contributed by atoms with E-state index in [-0.39, 0.29) is 0 Å². The zero-order valence-electron chi connectivity index (χ0n) is 13.0. The summed E-state index contributed by atoms with van der Waals surface area (Å²) in [6.45, 7) is 2.43. The quantitative estimate of drug-likeness (QED) is 0.378. The summed E-state index contributed by atoms with van der Waals surface area (Å²) in [5.74, 6) is -10.7. The largest absolute Gasteiger partial charge is 0.466 e. The summed E-state index contributed by atoms with van der Waals surface area (Å²) < 4.78 is 132. The first-order chi connectivity index (χ1) is 11.0. The molecule has 0 unspecified atom stereocenters. The molecular formula is C10H16F10NO4P. The van der Waals surface area contributed by atoms with Gasteiger partial charge in [-0.05, 0) is 0 Å². The Kier molecular flexibility index (Phi) is 9.59. The Bertz CT molecular complexity index is 437. The molecule has 0 fully saturated rings. The summed E-state index contributed by atoms with van der Waals surface area (Å²) in [7, 11) is -4.64. The van der Waals surface area contributed by atoms with Gasteiger partial charge in [0.15, 0.2) is 0 Å². The summed E-state index contributed by atoms with van der Waals surface area (Å²) in [4.78, 5) is 21.6. The van der Waals surface area contributed by atoms with E-state index in [1.807, 2.05) is 5.32 Å². The predicted molar refractivity (Wildman–Crippen MR) is 67.6 cm³/mol. The predicted octanol–water partition coefficient (Wildman–Crippen LogP) is 3.60. The van der Waals surface area contributed by atoms with Crippen molar-refractivity contribution >= 4 is 7.82 Å². The van der Waals surface area contributed by atoms with E-state index in [0.717, 1.165) is 0 Å². The van der Waals surface area contributed by atoms with E-state index in [4.69, 9.17) is 19.2 Å². The normalized spacial score (nSPS) is 14.5. The molecular weight excluding hydrogens is 419 g/mol. The number of phosphoric acid groups is 1. The molecule has 0 amide bonds. The number of hydrogen-bond donors (Lipinski definition) is 4. The van der Waals surface area contributed by atoms with E-state index < -0.39 is 56.9 Å². The highest BCUT2D eigenvalue weighted by atomic mass is 31.2. The lowest BCUT2D eigenvalue weighted by Crippen LogP contribution is -2.50. The van der Waals surface area contributed by atoms with Gasteiger partial charge in [-0.3, -0.25) is 0 Å². The lowest BCUT2D eigenvalue weighted by molar-refractivity contribution is -0.298. The third-order valence-corrected chi connectivity index (χ3v) is 2.40. The van der Waals surface area contributed by atoms with Crippen molar-refractivity contribution in [2.45, 2.75) is 63.0 Å². The summed E-state index contributed by atoms with van der Waals surface area (Å²) in [5.41, 5.74) is 0. The van der Waals surface area contributed by atoms with Crippen LogP contribution in [0, 0.1) is 0 Å². The average Bonchev–Trinajstić information content (AvgIpc) is 2.19. The van der Waals surface area contributed by atoms with E-state index >= 15 is 0 Å². The van der Waals surface area contributed by atoms with Gasteiger partial charge in [-0.25, -0.2) is 4.57 Å². The Morgan fingerprint density at radius 1 is 0.769 bits per heavy atom. The Hall–Kier alpha value is -0.630. The van der Waals surface area contributed by atoms with Gasteiger partial charge in [-0.15, -0.1) is 0 Å². The third-order valence-electron chi connectivity index (χ3n) is 2.40. The summed E-state index contributed by atoms with van der Waals surface area (Å²) in [6.07, 6.45) is -16.5. The van der Waals surface area contributed by atoms with Crippen molar-refractivity contribution in [2.75, 3.05) is 0 Å². The van der Waals surface area contributed by atoms with Crippen LogP contribution in [0.5, 0.6) is 0 Å². The average molecular weight is 435 g/mol. The fraction of sp³-hybridized carbons (Fsp3) is 1.00. The molecule has 0 saturated carbocycles. The molecule has 0 aliphatic rings. The van der Waals surface area contributed by atoms with Crippen LogP contribution in [0.25, 0.3) is 0 Å². The molecule has 16 heteroatoms. The molecule has 26 heavy (non-hydrogen) atoms. The van der Waals surface area contributed by atoms with Crippen LogP contribution < -0.4 is 5.32 Å². The van der Waals surface area contributed by atoms with Crippen molar-refractivity contribution < 1.29 is 63.1 Å². The molecule has 0 saturated heterocycles. The Morgan fingerprint density at radius 2 is 1.00 bits per heavy atom. The first-order valence-electron chi connectivity index (χ1n) is 6.43. The number of halogens is 10. The van der Waals surface area contributed by atoms with Gasteiger partial charge < -0.3 is 20.0 Å². The zero-order chi connectivity index (χ0) is 21.8. The lowest BCUT2D eigenvalue weighted by atomic mass is 9.99. The highest BCUT2D eigenvalue weighted by Crippen LogP contribution is 2.43. The van der Waals surface area contributed by atoms with Crippen LogP contribution in [0.4, 0.5) is 43.9 Å². The molecule has 0 radical (unpaired) electrons. The lowest BCUT2D eigenvalue weighted by Gasteiger charge is -2.30. The molecule has 160 valence electrons. The topological polar surface area (TPSA) is 89.8 Å². The first kappa shape index (κ1) is 27.6. The van der Waals surface area contributed by atoms with Crippen molar-refractivity contribution in [3.05, 3.63) is 0 Å². The van der Waals surface area contributed by atoms with Crippen LogP contribution >= 0.6 is 7.82 Å². The minimum absolute atomic E-state index is 0.858. The zero-order valence-corrected chi connectivity index (χ0v) is 13.9. The fourth-order valence-corrected chi connectivity index (χ4v) is 1.51. The molecule has 0 aromatic rings. The van der Waals surface area contributed by atoms with Gasteiger partial charge in [-0.1, -0.05) is 13.8 Å². The Balaban J connectivity index is 0. The van der Waals surface area contributed by atoms with E-state index in [9.17, 15) is 43.9 Å². The molecule has 0 atom stereocenters. The van der Waals surface area contributed by atoms with Gasteiger partial charge in [0.05, 0.1) is 0 Å². The highest BCUT2D eigenvalue weighted by molar-refractivity contribution is 7.45. The van der Waals surface area contributed by atoms with Crippen molar-refractivity contribution in [3.63, 3.8) is 0 Å². The number of nitrogens with one attached hydrogen (secondary N) is 1. The number of hydrogen-bond acceptors (Lipinski definition) is 2. The van der Waals surface area contributed by atoms with Crippen molar-refractivity contribution in [3.8, 4) is 0 Å². The molecule has 5 nitrogen and oxygen atoms in total. The van der Waals surface area contributed by atoms with Gasteiger partial charge in [0.2, 0.25) is 0 Å². The molecule has 4 N–H and O–H groups in total. The van der Waals surface area contributed by atoms with Gasteiger partial charge in [0.25, 0.3) is 0 Å². The maximum Gasteiger partial charge on any atom is 0.466 e. The van der Waals surface area contributed by atoms with Gasteiger partial charge in [0.1, 0.15) is 0 Å². The standard InChI is InChI=1S/C10H13F10N.H3O4P/c1-5(2)21-6(3-7(11,12)9(15,16)17)4-8(13,14)10(18,19)20;1-5(2,3)4/h5-6,21H,3-4H2,1-2H3;(H3,1,2,3,4). The van der Waals surface area contributed by atoms with Gasteiger partial charge in [0, 0.05) is 24.9 Å². The second-order valence-corrected chi connectivity index (χ2v) is 6.37. The van der Waals surface area contributed by atoms with Crippen LogP contribution in [-0.2, 0) is 4.57 Å². The molecule has 0 aromatic carbocycles. The van der Waals surface area contributed by atoms with Crippen LogP contribution in [0.3, 0.4) is 0 Å². The molecule has 0 aliphatic carbocycles.